The minimum Gasteiger partial charge on any atom is -0.317 e. The molecule has 1 heterocycles. The number of urea groups is 1. The third-order valence-electron chi connectivity index (χ3n) is 6.25. The molecule has 10 heteroatoms. The van der Waals surface area contributed by atoms with Crippen LogP contribution in [0.1, 0.15) is 35.7 Å². The molecule has 1 aliphatic rings. The second-order valence-corrected chi connectivity index (χ2v) is 9.36. The highest BCUT2D eigenvalue weighted by molar-refractivity contribution is 6.30. The van der Waals surface area contributed by atoms with Crippen LogP contribution in [0.15, 0.2) is 84.3 Å². The van der Waals surface area contributed by atoms with E-state index in [0.29, 0.717) is 30.2 Å². The second kappa shape index (κ2) is 10.8. The van der Waals surface area contributed by atoms with Crippen molar-refractivity contribution < 1.29 is 31.7 Å². The van der Waals surface area contributed by atoms with Crippen LogP contribution in [-0.2, 0) is 18.1 Å². The van der Waals surface area contributed by atoms with E-state index in [1.807, 2.05) is 0 Å². The fourth-order valence-electron chi connectivity index (χ4n) is 4.29. The number of amides is 2. The highest BCUT2D eigenvalue weighted by atomic mass is 35.5. The Morgan fingerprint density at radius 3 is 2.50 bits per heavy atom. The Morgan fingerprint density at radius 2 is 1.84 bits per heavy atom. The van der Waals surface area contributed by atoms with Gasteiger partial charge in [0.25, 0.3) is 0 Å². The SMILES string of the molecule is CC1CC=C(F)C=C1NC(=O)NC(Cc1ccccc1)(c1ccc(Cl)c#[n+]1)c1cc(C(F)(F)F)ccc1F. The number of aromatic nitrogens is 1. The quantitative estimate of drug-likeness (QED) is 0.349. The van der Waals surface area contributed by atoms with E-state index in [-0.39, 0.29) is 28.8 Å². The fraction of sp³-hybridized carbons (Fsp3) is 0.214. The molecule has 0 spiro atoms. The Morgan fingerprint density at radius 1 is 1.11 bits per heavy atom. The first-order valence-electron chi connectivity index (χ1n) is 11.6. The van der Waals surface area contributed by atoms with Crippen LogP contribution in [0.25, 0.3) is 0 Å². The summed E-state index contributed by atoms with van der Waals surface area (Å²) in [6, 6.07) is 12.4. The zero-order valence-corrected chi connectivity index (χ0v) is 20.8. The van der Waals surface area contributed by atoms with E-state index >= 15 is 4.39 Å². The van der Waals surface area contributed by atoms with Gasteiger partial charge in [-0.2, -0.15) is 13.2 Å². The smallest absolute Gasteiger partial charge is 0.317 e. The van der Waals surface area contributed by atoms with Crippen LogP contribution in [0.2, 0.25) is 5.02 Å². The van der Waals surface area contributed by atoms with E-state index in [0.717, 1.165) is 6.08 Å². The number of benzene rings is 2. The summed E-state index contributed by atoms with van der Waals surface area (Å²) < 4.78 is 70.5. The van der Waals surface area contributed by atoms with Gasteiger partial charge in [0, 0.05) is 23.7 Å². The molecule has 0 aliphatic heterocycles. The van der Waals surface area contributed by atoms with Gasteiger partial charge in [-0.25, -0.2) is 13.6 Å². The van der Waals surface area contributed by atoms with Gasteiger partial charge in [-0.3, -0.25) is 0 Å². The Kier molecular flexibility index (Phi) is 7.74. The predicted molar refractivity (Wildman–Crippen MR) is 131 cm³/mol. The zero-order valence-electron chi connectivity index (χ0n) is 20.0. The van der Waals surface area contributed by atoms with Crippen LogP contribution >= 0.6 is 11.6 Å². The van der Waals surface area contributed by atoms with Gasteiger partial charge >= 0.3 is 24.1 Å². The third-order valence-corrected chi connectivity index (χ3v) is 6.46. The molecule has 2 atom stereocenters. The van der Waals surface area contributed by atoms with Crippen molar-refractivity contribution in [2.24, 2.45) is 5.92 Å². The molecule has 4 rings (SSSR count). The molecule has 2 N–H and O–H groups in total. The molecule has 2 unspecified atom stereocenters. The van der Waals surface area contributed by atoms with Gasteiger partial charge in [0.05, 0.1) is 5.56 Å². The lowest BCUT2D eigenvalue weighted by atomic mass is 9.79. The van der Waals surface area contributed by atoms with Crippen molar-refractivity contribution in [2.45, 2.75) is 31.5 Å². The molecule has 196 valence electrons. The Labute approximate surface area is 221 Å². The van der Waals surface area contributed by atoms with Crippen LogP contribution in [0.3, 0.4) is 0 Å². The van der Waals surface area contributed by atoms with Crippen molar-refractivity contribution in [1.82, 2.24) is 10.6 Å². The zero-order chi connectivity index (χ0) is 27.5. The van der Waals surface area contributed by atoms with Crippen molar-refractivity contribution in [1.29, 1.82) is 0 Å². The molecule has 2 aromatic carbocycles. The lowest BCUT2D eigenvalue weighted by Crippen LogP contribution is -2.54. The molecule has 1 aromatic heterocycles. The van der Waals surface area contributed by atoms with Crippen molar-refractivity contribution in [2.75, 3.05) is 0 Å². The van der Waals surface area contributed by atoms with E-state index in [2.05, 4.69) is 21.8 Å². The van der Waals surface area contributed by atoms with Crippen LogP contribution in [0, 0.1) is 17.9 Å². The average Bonchev–Trinajstić information content (AvgIpc) is 2.86. The van der Waals surface area contributed by atoms with Gasteiger partial charge in [-0.05, 0) is 59.3 Å². The summed E-state index contributed by atoms with van der Waals surface area (Å²) in [6.07, 6.45) is 0.433. The lowest BCUT2D eigenvalue weighted by molar-refractivity contribution is -0.317. The first-order chi connectivity index (χ1) is 18.0. The number of rotatable bonds is 6. The molecule has 4 nitrogen and oxygen atoms in total. The van der Waals surface area contributed by atoms with Crippen molar-refractivity contribution >= 4 is 17.6 Å². The maximum atomic E-state index is 15.5. The number of halogens is 6. The van der Waals surface area contributed by atoms with Crippen LogP contribution < -0.4 is 15.6 Å². The van der Waals surface area contributed by atoms with Gasteiger partial charge in [-0.1, -0.05) is 48.9 Å². The number of carbonyl (C=O) groups is 1. The number of carbonyl (C=O) groups excluding carboxylic acids is 1. The maximum Gasteiger partial charge on any atom is 0.416 e. The maximum absolute atomic E-state index is 15.5. The molecular formula is C28H22ClF5N3O+. The Bertz CT molecular complexity index is 1370. The van der Waals surface area contributed by atoms with Crippen LogP contribution in [0.4, 0.5) is 26.7 Å². The largest absolute Gasteiger partial charge is 0.416 e. The number of nitrogens with zero attached hydrogens (tertiary/aromatic N) is 1. The van der Waals surface area contributed by atoms with Crippen LogP contribution in [0.5, 0.6) is 0 Å². The minimum absolute atomic E-state index is 0.00382. The van der Waals surface area contributed by atoms with E-state index in [9.17, 15) is 22.4 Å². The Balaban J connectivity index is 1.90. The topological polar surface area (TPSA) is 55.2 Å². The molecule has 0 radical (unpaired) electrons. The Hall–Kier alpha value is -3.90. The number of hydrogen-bond donors (Lipinski definition) is 2. The van der Waals surface area contributed by atoms with Crippen molar-refractivity contribution in [3.05, 3.63) is 124 Å². The molecule has 3 aromatic rings. The number of nitrogens with one attached hydrogen (secondary N) is 2. The van der Waals surface area contributed by atoms with Gasteiger partial charge in [-0.15, -0.1) is 0 Å². The molecule has 0 bridgehead atoms. The third kappa shape index (κ3) is 5.97. The molecule has 1 aliphatic carbocycles. The summed E-state index contributed by atoms with van der Waals surface area (Å²) in [5.41, 5.74) is -2.69. The summed E-state index contributed by atoms with van der Waals surface area (Å²) in [7, 11) is 0. The van der Waals surface area contributed by atoms with Crippen LogP contribution in [-0.4, -0.2) is 6.03 Å². The van der Waals surface area contributed by atoms with Crippen molar-refractivity contribution in [3.8, 4) is 0 Å². The fourth-order valence-corrected chi connectivity index (χ4v) is 4.39. The number of alkyl halides is 3. The van der Waals surface area contributed by atoms with E-state index < -0.39 is 40.5 Å². The summed E-state index contributed by atoms with van der Waals surface area (Å²) >= 11 is 5.96. The average molecular weight is 547 g/mol. The van der Waals surface area contributed by atoms with E-state index in [1.54, 1.807) is 37.3 Å². The standard InChI is InChI=1S/C28H21ClF5N3O/c1-17-7-10-21(30)14-24(17)36-26(38)37-27(15-18-5-3-2-4-6-18,25-12-9-20(29)16-35-25)22-13-19(28(32,33)34)8-11-23(22)31/h2-6,8-14,17H,7,15H2,1H3,(H-,36,37,38)/p+1. The van der Waals surface area contributed by atoms with Crippen molar-refractivity contribution in [3.63, 3.8) is 0 Å². The summed E-state index contributed by atoms with van der Waals surface area (Å²) in [6.45, 7) is 1.77. The highest BCUT2D eigenvalue weighted by Gasteiger charge is 2.47. The molecular weight excluding hydrogens is 525 g/mol. The normalized spacial score (nSPS) is 17.0. The monoisotopic (exact) mass is 546 g/mol. The summed E-state index contributed by atoms with van der Waals surface area (Å²) in [4.78, 5) is 17.5. The first kappa shape index (κ1) is 27.1. The summed E-state index contributed by atoms with van der Waals surface area (Å²) in [5.74, 6) is -1.77. The van der Waals surface area contributed by atoms with Gasteiger partial charge < -0.3 is 10.6 Å². The van der Waals surface area contributed by atoms with Gasteiger partial charge in [0.1, 0.15) is 11.6 Å². The second-order valence-electron chi connectivity index (χ2n) is 8.95. The number of allylic oxidation sites excluding steroid dienone is 4. The molecule has 0 saturated carbocycles. The lowest BCUT2D eigenvalue weighted by Gasteiger charge is -2.31. The highest BCUT2D eigenvalue weighted by Crippen LogP contribution is 2.38. The molecule has 38 heavy (non-hydrogen) atoms. The van der Waals surface area contributed by atoms with Gasteiger partial charge in [0.2, 0.25) is 0 Å². The minimum atomic E-state index is -4.78. The molecule has 0 fully saturated rings. The van der Waals surface area contributed by atoms with E-state index in [4.69, 9.17) is 11.6 Å². The van der Waals surface area contributed by atoms with E-state index in [1.165, 1.54) is 18.2 Å². The molecule has 0 saturated heterocycles. The summed E-state index contributed by atoms with van der Waals surface area (Å²) in [5, 5.41) is 5.36. The predicted octanol–water partition coefficient (Wildman–Crippen LogP) is 6.46. The molecule has 2 amide bonds. The van der Waals surface area contributed by atoms with Gasteiger partial charge in [0.15, 0.2) is 10.6 Å². The number of hydrogen-bond acceptors (Lipinski definition) is 1. The first-order valence-corrected chi connectivity index (χ1v) is 12.0.